The topological polar surface area (TPSA) is 241 Å². The summed E-state index contributed by atoms with van der Waals surface area (Å²) in [6, 6.07) is 1.43. The number of nitrogens with zero attached hydrogens (tertiary/aromatic N) is 1. The summed E-state index contributed by atoms with van der Waals surface area (Å²) < 4.78 is 36.8. The van der Waals surface area contributed by atoms with Gasteiger partial charge in [-0.2, -0.15) is 0 Å². The number of allylic oxidation sites excluding steroid dienone is 1. The van der Waals surface area contributed by atoms with Crippen molar-refractivity contribution in [2.45, 2.75) is 203 Å². The van der Waals surface area contributed by atoms with Gasteiger partial charge in [-0.1, -0.05) is 39.3 Å². The van der Waals surface area contributed by atoms with Crippen LogP contribution < -0.4 is 0 Å². The van der Waals surface area contributed by atoms with Crippen molar-refractivity contribution < 1.29 is 74.4 Å². The first-order chi connectivity index (χ1) is 29.0. The van der Waals surface area contributed by atoms with E-state index in [1.807, 2.05) is 0 Å². The Labute approximate surface area is 359 Å². The van der Waals surface area contributed by atoms with Gasteiger partial charge in [0.25, 0.3) is 0 Å². The molecule has 0 amide bonds. The lowest BCUT2D eigenvalue weighted by Crippen LogP contribution is -2.67. The van der Waals surface area contributed by atoms with E-state index in [-0.39, 0.29) is 11.5 Å². The molecule has 5 heterocycles. The van der Waals surface area contributed by atoms with E-state index in [9.17, 15) is 46.0 Å². The number of aliphatic hydroxyl groups is 9. The van der Waals surface area contributed by atoms with Crippen molar-refractivity contribution in [3.05, 3.63) is 11.6 Å². The van der Waals surface area contributed by atoms with Crippen LogP contribution in [0, 0.1) is 46.3 Å². The average Bonchev–Trinajstić information content (AvgIpc) is 3.71. The summed E-state index contributed by atoms with van der Waals surface area (Å²) in [5.41, 5.74) is 1.72. The Hall–Kier alpha value is -0.900. The summed E-state index contributed by atoms with van der Waals surface area (Å²) in [7, 11) is 0. The van der Waals surface area contributed by atoms with Gasteiger partial charge in [-0.05, 0) is 111 Å². The zero-order valence-corrected chi connectivity index (χ0v) is 36.3. The predicted molar refractivity (Wildman–Crippen MR) is 215 cm³/mol. The van der Waals surface area contributed by atoms with E-state index < -0.39 is 105 Å². The highest BCUT2D eigenvalue weighted by atomic mass is 16.8. The van der Waals surface area contributed by atoms with Crippen molar-refractivity contribution in [1.29, 1.82) is 0 Å². The quantitative estimate of drug-likeness (QED) is 0.148. The molecular formula is C45H73NO15. The summed E-state index contributed by atoms with van der Waals surface area (Å²) in [4.78, 5) is 2.94. The predicted octanol–water partition coefficient (Wildman–Crippen LogP) is 0.155. The largest absolute Gasteiger partial charge is 0.394 e. The molecule has 16 heteroatoms. The Bertz CT molecular complexity index is 1590. The van der Waals surface area contributed by atoms with E-state index in [1.54, 1.807) is 0 Å². The van der Waals surface area contributed by atoms with E-state index in [0.717, 1.165) is 36.6 Å². The standard InChI is InChI=1S/C45H73NO15/c1-19-6-9-27-20(2)31-28(46(27)16-19)15-26-24-8-7-22-14-23(10-12-44(22,4)25(24)11-13-45(26,31)5)57-43-40(61-41-37(54)35(52)32(49)21(3)56-41)39(34(51)30(18-48)59-43)60-42-38(55)36(53)33(50)29(17-47)58-42/h7,19-21,23-43,47-55H,6,8-18H2,1-5H3/t19-,20?,21-,23-,24?,25?,26?,27+,28?,29+,30+,31?,32-,33+,34-,35+,36-,37+,38+,39-,40+,41-,42-,43+,44-,45-/m0/s1. The molecule has 348 valence electrons. The zero-order chi connectivity index (χ0) is 43.4. The fourth-order valence-electron chi connectivity index (χ4n) is 14.7. The number of aliphatic hydroxyl groups excluding tert-OH is 9. The maximum absolute atomic E-state index is 11.6. The van der Waals surface area contributed by atoms with Crippen LogP contribution in [0.25, 0.3) is 0 Å². The third kappa shape index (κ3) is 7.42. The molecule has 26 atom stereocenters. The molecular weight excluding hydrogens is 794 g/mol. The smallest absolute Gasteiger partial charge is 0.187 e. The molecule has 0 aromatic carbocycles. The van der Waals surface area contributed by atoms with E-state index in [1.165, 1.54) is 51.1 Å². The molecule has 9 N–H and O–H groups in total. The minimum Gasteiger partial charge on any atom is -0.394 e. The van der Waals surface area contributed by atoms with E-state index in [2.05, 4.69) is 38.7 Å². The van der Waals surface area contributed by atoms with Gasteiger partial charge in [0.1, 0.15) is 67.1 Å². The minimum atomic E-state index is -1.83. The van der Waals surface area contributed by atoms with Gasteiger partial charge in [0.05, 0.1) is 25.4 Å². The first kappa shape index (κ1) is 45.3. The monoisotopic (exact) mass is 867 g/mol. The Balaban J connectivity index is 0.952. The molecule has 0 aromatic rings. The van der Waals surface area contributed by atoms with Gasteiger partial charge in [0.15, 0.2) is 18.9 Å². The van der Waals surface area contributed by atoms with Crippen LogP contribution in [0.15, 0.2) is 11.6 Å². The third-order valence-corrected chi connectivity index (χ3v) is 18.0. The molecule has 3 saturated carbocycles. The number of rotatable bonds is 8. The van der Waals surface area contributed by atoms with Crippen LogP contribution in [0.4, 0.5) is 0 Å². The Morgan fingerprint density at radius 3 is 2.05 bits per heavy atom. The Morgan fingerprint density at radius 1 is 0.672 bits per heavy atom. The summed E-state index contributed by atoms with van der Waals surface area (Å²) >= 11 is 0. The molecule has 16 nitrogen and oxygen atoms in total. The summed E-state index contributed by atoms with van der Waals surface area (Å²) in [5.74, 6) is 4.15. The summed E-state index contributed by atoms with van der Waals surface area (Å²) in [6.07, 6.45) is -11.1. The third-order valence-electron chi connectivity index (χ3n) is 18.0. The van der Waals surface area contributed by atoms with Gasteiger partial charge in [-0.25, -0.2) is 0 Å². The minimum absolute atomic E-state index is 0.00462. The van der Waals surface area contributed by atoms with Gasteiger partial charge < -0.3 is 74.4 Å². The number of fused-ring (bicyclic) bond motifs is 9. The first-order valence-electron chi connectivity index (χ1n) is 23.4. The Kier molecular flexibility index (Phi) is 12.7. The second kappa shape index (κ2) is 17.1. The van der Waals surface area contributed by atoms with Gasteiger partial charge in [-0.3, -0.25) is 4.90 Å². The van der Waals surface area contributed by atoms with Gasteiger partial charge >= 0.3 is 0 Å². The highest BCUT2D eigenvalue weighted by molar-refractivity contribution is 5.27. The molecule has 5 saturated heterocycles. The number of hydrogen-bond acceptors (Lipinski definition) is 16. The molecule has 4 aliphatic carbocycles. The van der Waals surface area contributed by atoms with Crippen molar-refractivity contribution in [2.75, 3.05) is 19.8 Å². The lowest BCUT2D eigenvalue weighted by atomic mass is 9.47. The lowest BCUT2D eigenvalue weighted by molar-refractivity contribution is -0.394. The maximum Gasteiger partial charge on any atom is 0.187 e. The van der Waals surface area contributed by atoms with Gasteiger partial charge in [0, 0.05) is 18.6 Å². The van der Waals surface area contributed by atoms with Crippen LogP contribution in [0.2, 0.25) is 0 Å². The van der Waals surface area contributed by atoms with E-state index in [4.69, 9.17) is 28.4 Å². The van der Waals surface area contributed by atoms with E-state index in [0.29, 0.717) is 42.1 Å². The Morgan fingerprint density at radius 2 is 1.33 bits per heavy atom. The molecule has 8 fully saturated rings. The van der Waals surface area contributed by atoms with Crippen LogP contribution in [0.5, 0.6) is 0 Å². The molecule has 6 unspecified atom stereocenters. The SMILES string of the molecule is CC1C2C(CC3C4CC=C5C[C@@H](O[C@@H]6O[C@H](CO)[C@H](O)[C@H](O[C@@H]7O[C@H](CO)[C@@H](O)[C@H](O)[C@H]7O)[C@H]6O[C@@H]6O[C@@H](C)[C@H](O)[C@@H](O)[C@H]6O)CC[C@]5(C)C4CC[C@@]32C)N2C[C@@H](C)CC[C@H]12. The summed E-state index contributed by atoms with van der Waals surface area (Å²) in [5, 5.41) is 95.8. The highest BCUT2D eigenvalue weighted by Crippen LogP contribution is 2.70. The van der Waals surface area contributed by atoms with Crippen LogP contribution in [0.3, 0.4) is 0 Å². The fourth-order valence-corrected chi connectivity index (χ4v) is 14.7. The van der Waals surface area contributed by atoms with Crippen molar-refractivity contribution in [3.8, 4) is 0 Å². The normalized spacial score (nSPS) is 57.3. The fraction of sp³-hybridized carbons (Fsp3) is 0.956. The molecule has 61 heavy (non-hydrogen) atoms. The average molecular weight is 868 g/mol. The second-order valence-electron chi connectivity index (χ2n) is 21.2. The molecule has 0 spiro atoms. The lowest BCUT2D eigenvalue weighted by Gasteiger charge is -2.58. The number of ether oxygens (including phenoxy) is 6. The maximum atomic E-state index is 11.6. The zero-order valence-electron chi connectivity index (χ0n) is 36.3. The first-order valence-corrected chi connectivity index (χ1v) is 23.4. The van der Waals surface area contributed by atoms with Crippen LogP contribution in [-0.4, -0.2) is 181 Å². The second-order valence-corrected chi connectivity index (χ2v) is 21.2. The van der Waals surface area contributed by atoms with Crippen molar-refractivity contribution in [1.82, 2.24) is 4.90 Å². The molecule has 5 aliphatic heterocycles. The molecule has 9 aliphatic rings. The van der Waals surface area contributed by atoms with Gasteiger partial charge in [0.2, 0.25) is 0 Å². The molecule has 0 radical (unpaired) electrons. The van der Waals surface area contributed by atoms with Gasteiger partial charge in [-0.15, -0.1) is 0 Å². The van der Waals surface area contributed by atoms with Crippen molar-refractivity contribution >= 4 is 0 Å². The van der Waals surface area contributed by atoms with Crippen LogP contribution >= 0.6 is 0 Å². The van der Waals surface area contributed by atoms with Crippen molar-refractivity contribution in [2.24, 2.45) is 46.3 Å². The van der Waals surface area contributed by atoms with E-state index >= 15 is 0 Å². The van der Waals surface area contributed by atoms with Crippen LogP contribution in [0.1, 0.15) is 92.4 Å². The highest BCUT2D eigenvalue weighted by Gasteiger charge is 2.66. The summed E-state index contributed by atoms with van der Waals surface area (Å²) in [6.45, 7) is 11.4. The van der Waals surface area contributed by atoms with Crippen LogP contribution in [-0.2, 0) is 28.4 Å². The van der Waals surface area contributed by atoms with Crippen molar-refractivity contribution in [3.63, 3.8) is 0 Å². The molecule has 0 bridgehead atoms. The molecule has 0 aromatic heterocycles. The number of hydrogen-bond donors (Lipinski definition) is 9. The number of piperidine rings is 1. The molecule has 9 rings (SSSR count).